The first-order valence-corrected chi connectivity index (χ1v) is 10.4. The van der Waals surface area contributed by atoms with Crippen LogP contribution in [-0.4, -0.2) is 32.0 Å². The minimum atomic E-state index is 0.556. The van der Waals surface area contributed by atoms with Crippen LogP contribution in [0.5, 0.6) is 5.75 Å². The maximum absolute atomic E-state index is 5.28. The van der Waals surface area contributed by atoms with Gasteiger partial charge in [0.15, 0.2) is 16.8 Å². The van der Waals surface area contributed by atoms with Gasteiger partial charge in [0.2, 0.25) is 5.89 Å². The predicted octanol–water partition coefficient (Wildman–Crippen LogP) is 4.57. The zero-order valence-corrected chi connectivity index (χ0v) is 17.1. The summed E-state index contributed by atoms with van der Waals surface area (Å²) in [6.07, 6.45) is 1.77. The van der Waals surface area contributed by atoms with Gasteiger partial charge in [-0.15, -0.1) is 10.2 Å². The van der Waals surface area contributed by atoms with Crippen LogP contribution in [-0.2, 0) is 12.2 Å². The molecule has 0 amide bonds. The van der Waals surface area contributed by atoms with E-state index in [1.54, 1.807) is 7.11 Å². The molecule has 148 valence electrons. The minimum Gasteiger partial charge on any atom is -0.497 e. The Morgan fingerprint density at radius 2 is 1.83 bits per heavy atom. The van der Waals surface area contributed by atoms with Gasteiger partial charge in [-0.1, -0.05) is 42.0 Å². The van der Waals surface area contributed by atoms with E-state index in [4.69, 9.17) is 9.26 Å². The molecule has 0 N–H and O–H groups in total. The van der Waals surface area contributed by atoms with Gasteiger partial charge in [0.25, 0.3) is 0 Å². The molecule has 0 unspecified atom stereocenters. The average molecular weight is 407 g/mol. The van der Waals surface area contributed by atoms with Crippen molar-refractivity contribution < 1.29 is 9.26 Å². The van der Waals surface area contributed by atoms with Gasteiger partial charge in [0.05, 0.1) is 12.9 Å². The van der Waals surface area contributed by atoms with Crippen molar-refractivity contribution in [3.05, 3.63) is 66.3 Å². The maximum atomic E-state index is 5.28. The van der Waals surface area contributed by atoms with Crippen LogP contribution in [0.1, 0.15) is 25.1 Å². The van der Waals surface area contributed by atoms with Crippen LogP contribution in [0.25, 0.3) is 17.1 Å². The summed E-state index contributed by atoms with van der Waals surface area (Å²) in [5.41, 5.74) is 1.95. The summed E-state index contributed by atoms with van der Waals surface area (Å²) in [5, 5.41) is 13.7. The Bertz CT molecular complexity index is 1060. The van der Waals surface area contributed by atoms with Gasteiger partial charge < -0.3 is 9.26 Å². The summed E-state index contributed by atoms with van der Waals surface area (Å²) >= 11 is 1.53. The Hall–Kier alpha value is -3.13. The van der Waals surface area contributed by atoms with Crippen LogP contribution >= 0.6 is 11.8 Å². The molecule has 7 nitrogen and oxygen atoms in total. The molecular weight excluding hydrogens is 386 g/mol. The third-order valence-electron chi connectivity index (χ3n) is 4.30. The molecule has 2 aromatic carbocycles. The molecule has 0 spiro atoms. The second kappa shape index (κ2) is 8.91. The Morgan fingerprint density at radius 3 is 2.55 bits per heavy atom. The van der Waals surface area contributed by atoms with Crippen LogP contribution in [0.3, 0.4) is 0 Å². The number of hydrogen-bond donors (Lipinski definition) is 0. The molecule has 4 aromatic rings. The molecule has 0 aliphatic carbocycles. The fourth-order valence-electron chi connectivity index (χ4n) is 2.89. The standard InChI is InChI=1S/C21H21N5O2S/c1-3-7-19-22-18(25-28-19)14-29-21-24-23-20(15-10-12-17(27-2)13-11-15)26(21)16-8-5-4-6-9-16/h4-6,8-13H,3,7,14H2,1-2H3. The Morgan fingerprint density at radius 1 is 1.03 bits per heavy atom. The number of ether oxygens (including phenoxy) is 1. The van der Waals surface area contributed by atoms with Gasteiger partial charge in [-0.2, -0.15) is 4.98 Å². The number of aromatic nitrogens is 5. The molecule has 0 fully saturated rings. The SMILES string of the molecule is CCCc1nc(CSc2nnc(-c3ccc(OC)cc3)n2-c2ccccc2)no1. The number of para-hydroxylation sites is 1. The van der Waals surface area contributed by atoms with Crippen molar-refractivity contribution >= 4 is 11.8 Å². The van der Waals surface area contributed by atoms with Crippen molar-refractivity contribution in [2.45, 2.75) is 30.7 Å². The van der Waals surface area contributed by atoms with E-state index in [9.17, 15) is 0 Å². The predicted molar refractivity (Wildman–Crippen MR) is 111 cm³/mol. The lowest BCUT2D eigenvalue weighted by Crippen LogP contribution is -2.00. The normalized spacial score (nSPS) is 11.0. The minimum absolute atomic E-state index is 0.556. The highest BCUT2D eigenvalue weighted by atomic mass is 32.2. The largest absolute Gasteiger partial charge is 0.497 e. The maximum Gasteiger partial charge on any atom is 0.226 e. The third kappa shape index (κ3) is 4.32. The summed E-state index contributed by atoms with van der Waals surface area (Å²) < 4.78 is 12.6. The topological polar surface area (TPSA) is 78.9 Å². The third-order valence-corrected chi connectivity index (χ3v) is 5.23. The smallest absolute Gasteiger partial charge is 0.226 e. The van der Waals surface area contributed by atoms with Crippen LogP contribution in [0.2, 0.25) is 0 Å². The molecule has 0 aliphatic rings. The Balaban J connectivity index is 1.65. The van der Waals surface area contributed by atoms with Gasteiger partial charge in [0, 0.05) is 17.7 Å². The first-order chi connectivity index (χ1) is 14.3. The van der Waals surface area contributed by atoms with E-state index in [-0.39, 0.29) is 0 Å². The fourth-order valence-corrected chi connectivity index (χ4v) is 3.69. The zero-order chi connectivity index (χ0) is 20.1. The molecule has 0 saturated heterocycles. The molecule has 29 heavy (non-hydrogen) atoms. The molecule has 2 heterocycles. The van der Waals surface area contributed by atoms with Crippen LogP contribution in [0.4, 0.5) is 0 Å². The number of rotatable bonds is 8. The highest BCUT2D eigenvalue weighted by Gasteiger charge is 2.17. The number of hydrogen-bond acceptors (Lipinski definition) is 7. The molecule has 0 atom stereocenters. The van der Waals surface area contributed by atoms with Crippen molar-refractivity contribution in [3.63, 3.8) is 0 Å². The molecular formula is C21H21N5O2S. The second-order valence-corrected chi connectivity index (χ2v) is 7.29. The molecule has 8 heteroatoms. The lowest BCUT2D eigenvalue weighted by atomic mass is 10.2. The number of nitrogens with zero attached hydrogens (tertiary/aromatic N) is 5. The van der Waals surface area contributed by atoms with Crippen molar-refractivity contribution in [2.24, 2.45) is 0 Å². The van der Waals surface area contributed by atoms with E-state index >= 15 is 0 Å². The van der Waals surface area contributed by atoms with Gasteiger partial charge in [-0.25, -0.2) is 0 Å². The van der Waals surface area contributed by atoms with Gasteiger partial charge >= 0.3 is 0 Å². The van der Waals surface area contributed by atoms with Crippen LogP contribution in [0.15, 0.2) is 64.3 Å². The molecule has 0 bridgehead atoms. The fraction of sp³-hybridized carbons (Fsp3) is 0.238. The van der Waals surface area contributed by atoms with E-state index < -0.39 is 0 Å². The number of thioether (sulfide) groups is 1. The van der Waals surface area contributed by atoms with Crippen molar-refractivity contribution in [1.29, 1.82) is 0 Å². The Labute approximate surface area is 173 Å². The number of benzene rings is 2. The second-order valence-electron chi connectivity index (χ2n) is 6.35. The summed E-state index contributed by atoms with van der Waals surface area (Å²) in [7, 11) is 1.65. The summed E-state index contributed by atoms with van der Waals surface area (Å²) in [6, 6.07) is 17.8. The summed E-state index contributed by atoms with van der Waals surface area (Å²) in [5.74, 6) is 3.45. The molecule has 2 aromatic heterocycles. The molecule has 0 aliphatic heterocycles. The van der Waals surface area contributed by atoms with Crippen LogP contribution in [0, 0.1) is 0 Å². The zero-order valence-electron chi connectivity index (χ0n) is 16.3. The van der Waals surface area contributed by atoms with E-state index in [2.05, 4.69) is 27.3 Å². The van der Waals surface area contributed by atoms with E-state index in [0.717, 1.165) is 40.8 Å². The monoisotopic (exact) mass is 407 g/mol. The van der Waals surface area contributed by atoms with Crippen molar-refractivity contribution in [3.8, 4) is 22.8 Å². The first kappa shape index (κ1) is 19.2. The lowest BCUT2D eigenvalue weighted by molar-refractivity contribution is 0.373. The van der Waals surface area contributed by atoms with Gasteiger partial charge in [0.1, 0.15) is 5.75 Å². The highest BCUT2D eigenvalue weighted by Crippen LogP contribution is 2.30. The highest BCUT2D eigenvalue weighted by molar-refractivity contribution is 7.98. The molecule has 4 rings (SSSR count). The summed E-state index contributed by atoms with van der Waals surface area (Å²) in [4.78, 5) is 4.43. The average Bonchev–Trinajstić information content (AvgIpc) is 3.40. The Kier molecular flexibility index (Phi) is 5.90. The number of aryl methyl sites for hydroxylation is 1. The first-order valence-electron chi connectivity index (χ1n) is 9.38. The molecule has 0 radical (unpaired) electrons. The molecule has 0 saturated carbocycles. The van der Waals surface area contributed by atoms with Gasteiger partial charge in [-0.3, -0.25) is 4.57 Å². The van der Waals surface area contributed by atoms with E-state index in [0.29, 0.717) is 17.5 Å². The van der Waals surface area contributed by atoms with Crippen LogP contribution < -0.4 is 4.74 Å². The summed E-state index contributed by atoms with van der Waals surface area (Å²) in [6.45, 7) is 2.08. The van der Waals surface area contributed by atoms with Crippen molar-refractivity contribution in [2.75, 3.05) is 7.11 Å². The van der Waals surface area contributed by atoms with E-state index in [1.807, 2.05) is 59.2 Å². The van der Waals surface area contributed by atoms with E-state index in [1.165, 1.54) is 11.8 Å². The lowest BCUT2D eigenvalue weighted by Gasteiger charge is -2.10. The van der Waals surface area contributed by atoms with Crippen molar-refractivity contribution in [1.82, 2.24) is 24.9 Å². The number of methoxy groups -OCH3 is 1. The van der Waals surface area contributed by atoms with Gasteiger partial charge in [-0.05, 0) is 42.8 Å². The quantitative estimate of drug-likeness (QED) is 0.396.